The van der Waals surface area contributed by atoms with Crippen LogP contribution in [0.4, 0.5) is 18.9 Å². The Morgan fingerprint density at radius 2 is 1.78 bits per heavy atom. The first-order chi connectivity index (χ1) is 15.1. The number of anilines is 1. The van der Waals surface area contributed by atoms with Crippen molar-refractivity contribution >= 4 is 27.7 Å². The first kappa shape index (κ1) is 23.3. The molecule has 6 nitrogen and oxygen atoms in total. The molecule has 1 heterocycles. The third kappa shape index (κ3) is 6.11. The van der Waals surface area contributed by atoms with Crippen molar-refractivity contribution in [2.75, 3.05) is 23.1 Å². The van der Waals surface area contributed by atoms with Crippen LogP contribution in [-0.2, 0) is 21.4 Å². The lowest BCUT2D eigenvalue weighted by Crippen LogP contribution is -2.37. The topological polar surface area (TPSA) is 81.5 Å². The second kappa shape index (κ2) is 9.44. The van der Waals surface area contributed by atoms with Crippen molar-refractivity contribution < 1.29 is 26.4 Å². The molecule has 2 aromatic carbocycles. The molecule has 0 unspecified atom stereocenters. The monoisotopic (exact) mass is 463 g/mol. The summed E-state index contributed by atoms with van der Waals surface area (Å²) in [5, 5.41) is 8.83. The number of halogens is 3. The molecule has 0 atom stereocenters. The first-order valence-corrected chi connectivity index (χ1v) is 11.3. The van der Waals surface area contributed by atoms with Gasteiger partial charge in [-0.3, -0.25) is 9.10 Å². The van der Waals surface area contributed by atoms with E-state index in [0.29, 0.717) is 40.2 Å². The summed E-state index contributed by atoms with van der Waals surface area (Å²) < 4.78 is 64.3. The number of benzene rings is 2. The standard InChI is InChI=1S/C22H20F3N3O3S/c23-22(24,25)16-27(15-19-4-2-18(14-26)3-5-19)21(29)11-8-17-6-9-20(10-7-17)28-12-1-13-32(28,30)31/h2-11H,1,12-13,15-16H2/b11-8+. The summed E-state index contributed by atoms with van der Waals surface area (Å²) in [6, 6.07) is 14.3. The summed E-state index contributed by atoms with van der Waals surface area (Å²) in [6.07, 6.45) is -1.59. The Bertz CT molecular complexity index is 1140. The number of alkyl halides is 3. The fourth-order valence-corrected chi connectivity index (χ4v) is 4.85. The fourth-order valence-electron chi connectivity index (χ4n) is 3.29. The molecule has 168 valence electrons. The van der Waals surface area contributed by atoms with E-state index < -0.39 is 28.7 Å². The van der Waals surface area contributed by atoms with E-state index >= 15 is 0 Å². The molecule has 0 bridgehead atoms. The minimum atomic E-state index is -4.57. The largest absolute Gasteiger partial charge is 0.406 e. The Labute approximate surface area is 184 Å². The normalized spacial score (nSPS) is 15.6. The highest BCUT2D eigenvalue weighted by atomic mass is 32.2. The molecular formula is C22H20F3N3O3S. The molecule has 0 saturated carbocycles. The van der Waals surface area contributed by atoms with Crippen LogP contribution in [0.25, 0.3) is 6.08 Å². The predicted octanol–water partition coefficient (Wildman–Crippen LogP) is 3.70. The zero-order chi connectivity index (χ0) is 23.4. The minimum absolute atomic E-state index is 0.0947. The van der Waals surface area contributed by atoms with E-state index in [1.165, 1.54) is 34.6 Å². The summed E-state index contributed by atoms with van der Waals surface area (Å²) in [7, 11) is -3.31. The average Bonchev–Trinajstić information content (AvgIpc) is 3.10. The molecule has 1 saturated heterocycles. The van der Waals surface area contributed by atoms with Gasteiger partial charge in [-0.25, -0.2) is 8.42 Å². The van der Waals surface area contributed by atoms with Crippen LogP contribution in [-0.4, -0.2) is 44.2 Å². The number of carbonyl (C=O) groups excluding carboxylic acids is 1. The highest BCUT2D eigenvalue weighted by molar-refractivity contribution is 7.93. The van der Waals surface area contributed by atoms with Crippen molar-refractivity contribution in [3.05, 3.63) is 71.3 Å². The Hall–Kier alpha value is -3.32. The summed E-state index contributed by atoms with van der Waals surface area (Å²) in [4.78, 5) is 13.2. The molecule has 32 heavy (non-hydrogen) atoms. The van der Waals surface area contributed by atoms with Crippen LogP contribution in [0.15, 0.2) is 54.6 Å². The van der Waals surface area contributed by atoms with Gasteiger partial charge >= 0.3 is 6.18 Å². The number of rotatable bonds is 6. The number of nitriles is 1. The molecule has 0 N–H and O–H groups in total. The van der Waals surface area contributed by atoms with Crippen LogP contribution in [0, 0.1) is 11.3 Å². The molecular weight excluding hydrogens is 443 g/mol. The highest BCUT2D eigenvalue weighted by Gasteiger charge is 2.32. The highest BCUT2D eigenvalue weighted by Crippen LogP contribution is 2.24. The van der Waals surface area contributed by atoms with Crippen LogP contribution >= 0.6 is 0 Å². The maximum Gasteiger partial charge on any atom is 0.406 e. The summed E-state index contributed by atoms with van der Waals surface area (Å²) >= 11 is 0. The SMILES string of the molecule is N#Cc1ccc(CN(CC(F)(F)F)C(=O)/C=C/c2ccc(N3CCCS3(=O)=O)cc2)cc1. The second-order valence-corrected chi connectivity index (χ2v) is 9.30. The molecule has 2 aromatic rings. The van der Waals surface area contributed by atoms with Crippen LogP contribution in [0.5, 0.6) is 0 Å². The predicted molar refractivity (Wildman–Crippen MR) is 114 cm³/mol. The number of carbonyl (C=O) groups is 1. The van der Waals surface area contributed by atoms with Gasteiger partial charge < -0.3 is 4.90 Å². The van der Waals surface area contributed by atoms with E-state index in [4.69, 9.17) is 5.26 Å². The van der Waals surface area contributed by atoms with Crippen molar-refractivity contribution in [2.24, 2.45) is 0 Å². The molecule has 1 fully saturated rings. The summed E-state index contributed by atoms with van der Waals surface area (Å²) in [5.74, 6) is -0.727. The van der Waals surface area contributed by atoms with E-state index in [-0.39, 0.29) is 12.3 Å². The number of hydrogen-bond acceptors (Lipinski definition) is 4. The first-order valence-electron chi connectivity index (χ1n) is 9.71. The maximum absolute atomic E-state index is 13.0. The van der Waals surface area contributed by atoms with E-state index in [9.17, 15) is 26.4 Å². The number of amides is 1. The van der Waals surface area contributed by atoms with E-state index in [1.54, 1.807) is 24.3 Å². The lowest BCUT2D eigenvalue weighted by atomic mass is 10.1. The quantitative estimate of drug-likeness (QED) is 0.612. The number of sulfonamides is 1. The van der Waals surface area contributed by atoms with Gasteiger partial charge in [-0.2, -0.15) is 18.4 Å². The van der Waals surface area contributed by atoms with E-state index in [2.05, 4.69) is 0 Å². The molecule has 1 aliphatic heterocycles. The van der Waals surface area contributed by atoms with E-state index in [1.807, 2.05) is 6.07 Å². The third-order valence-corrected chi connectivity index (χ3v) is 6.71. The number of hydrogen-bond donors (Lipinski definition) is 0. The Kier molecular flexibility index (Phi) is 6.89. The molecule has 10 heteroatoms. The average molecular weight is 463 g/mol. The lowest BCUT2D eigenvalue weighted by Gasteiger charge is -2.23. The van der Waals surface area contributed by atoms with Crippen molar-refractivity contribution in [1.82, 2.24) is 4.90 Å². The Morgan fingerprint density at radius 1 is 1.12 bits per heavy atom. The molecule has 0 aromatic heterocycles. The fraction of sp³-hybridized carbons (Fsp3) is 0.273. The van der Waals surface area contributed by atoms with Gasteiger partial charge in [0.1, 0.15) is 6.54 Å². The third-order valence-electron chi connectivity index (χ3n) is 4.84. The lowest BCUT2D eigenvalue weighted by molar-refractivity contribution is -0.159. The molecule has 0 aliphatic carbocycles. The minimum Gasteiger partial charge on any atom is -0.326 e. The van der Waals surface area contributed by atoms with Crippen molar-refractivity contribution in [1.29, 1.82) is 5.26 Å². The summed E-state index contributed by atoms with van der Waals surface area (Å²) in [5.41, 5.74) is 1.88. The molecule has 3 rings (SSSR count). The summed E-state index contributed by atoms with van der Waals surface area (Å²) in [6.45, 7) is -1.28. The molecule has 1 amide bonds. The maximum atomic E-state index is 13.0. The molecule has 1 aliphatic rings. The van der Waals surface area contributed by atoms with Crippen LogP contribution < -0.4 is 4.31 Å². The van der Waals surface area contributed by atoms with Crippen LogP contribution in [0.3, 0.4) is 0 Å². The smallest absolute Gasteiger partial charge is 0.326 e. The van der Waals surface area contributed by atoms with Crippen molar-refractivity contribution in [3.8, 4) is 6.07 Å². The van der Waals surface area contributed by atoms with Crippen molar-refractivity contribution in [2.45, 2.75) is 19.1 Å². The second-order valence-electron chi connectivity index (χ2n) is 7.28. The van der Waals surface area contributed by atoms with Gasteiger partial charge in [-0.1, -0.05) is 24.3 Å². The van der Waals surface area contributed by atoms with Gasteiger partial charge in [-0.15, -0.1) is 0 Å². The van der Waals surface area contributed by atoms with Gasteiger partial charge in [0, 0.05) is 19.2 Å². The van der Waals surface area contributed by atoms with Crippen LogP contribution in [0.2, 0.25) is 0 Å². The van der Waals surface area contributed by atoms with Gasteiger partial charge in [0.05, 0.1) is 23.1 Å². The molecule has 0 radical (unpaired) electrons. The van der Waals surface area contributed by atoms with Gasteiger partial charge in [0.15, 0.2) is 0 Å². The van der Waals surface area contributed by atoms with Gasteiger partial charge in [0.25, 0.3) is 0 Å². The van der Waals surface area contributed by atoms with Gasteiger partial charge in [0.2, 0.25) is 15.9 Å². The Morgan fingerprint density at radius 3 is 2.31 bits per heavy atom. The van der Waals surface area contributed by atoms with Crippen molar-refractivity contribution in [3.63, 3.8) is 0 Å². The van der Waals surface area contributed by atoms with Gasteiger partial charge in [-0.05, 0) is 47.9 Å². The van der Waals surface area contributed by atoms with Crippen LogP contribution in [0.1, 0.15) is 23.1 Å². The zero-order valence-corrected chi connectivity index (χ0v) is 17.7. The number of nitrogens with zero attached hydrogens (tertiary/aromatic N) is 3. The van der Waals surface area contributed by atoms with E-state index in [0.717, 1.165) is 6.08 Å². The molecule has 0 spiro atoms. The Balaban J connectivity index is 1.72. The zero-order valence-electron chi connectivity index (χ0n) is 16.9.